The van der Waals surface area contributed by atoms with Crippen molar-refractivity contribution in [1.82, 2.24) is 10.6 Å². The van der Waals surface area contributed by atoms with Crippen molar-refractivity contribution in [3.63, 3.8) is 0 Å². The first-order valence-corrected chi connectivity index (χ1v) is 8.04. The Kier molecular flexibility index (Phi) is 11.1. The van der Waals surface area contributed by atoms with Crippen LogP contribution in [0, 0.1) is 0 Å². The van der Waals surface area contributed by atoms with Gasteiger partial charge in [0.2, 0.25) is 0 Å². The summed E-state index contributed by atoms with van der Waals surface area (Å²) in [7, 11) is 1.79. The summed E-state index contributed by atoms with van der Waals surface area (Å²) in [5, 5.41) is 6.60. The van der Waals surface area contributed by atoms with Crippen LogP contribution in [0.5, 0.6) is 0 Å². The Morgan fingerprint density at radius 2 is 2.26 bits per heavy atom. The molecular formula is C16H28IN3O3. The average Bonchev–Trinajstić information content (AvgIpc) is 3.22. The van der Waals surface area contributed by atoms with E-state index in [0.717, 1.165) is 44.3 Å². The third kappa shape index (κ3) is 8.57. The van der Waals surface area contributed by atoms with Crippen LogP contribution < -0.4 is 10.6 Å². The predicted octanol–water partition coefficient (Wildman–Crippen LogP) is 2.54. The number of hydrogen-bond acceptors (Lipinski definition) is 4. The van der Waals surface area contributed by atoms with E-state index >= 15 is 0 Å². The zero-order chi connectivity index (χ0) is 15.5. The Hall–Kier alpha value is -0.800. The monoisotopic (exact) mass is 437 g/mol. The van der Waals surface area contributed by atoms with E-state index < -0.39 is 0 Å². The highest BCUT2D eigenvalue weighted by Crippen LogP contribution is 2.14. The summed E-state index contributed by atoms with van der Waals surface area (Å²) in [4.78, 5) is 4.21. The Balaban J connectivity index is 0.00000264. The molecule has 2 N–H and O–H groups in total. The Labute approximate surface area is 155 Å². The number of aliphatic imine (C=N–C) groups is 1. The fraction of sp³-hybridized carbons (Fsp3) is 0.688. The quantitative estimate of drug-likeness (QED) is 0.269. The zero-order valence-electron chi connectivity index (χ0n) is 13.8. The molecule has 1 unspecified atom stereocenters. The lowest BCUT2D eigenvalue weighted by molar-refractivity contribution is 0.104. The van der Waals surface area contributed by atoms with Crippen LogP contribution in [-0.4, -0.2) is 45.4 Å². The standard InChI is InChI=1S/C16H27N3O3.HI/c1-17-16(19-9-7-14-5-2-11-21-14)18-8-4-10-20-13-15-6-3-12-22-15;/h3,6,12,14H,2,4-5,7-11,13H2,1H3,(H2,17,18,19);1H. The lowest BCUT2D eigenvalue weighted by atomic mass is 10.2. The molecule has 0 amide bonds. The number of rotatable bonds is 9. The molecule has 1 aliphatic rings. The molecule has 2 rings (SSSR count). The number of halogens is 1. The van der Waals surface area contributed by atoms with E-state index in [1.54, 1.807) is 13.3 Å². The highest BCUT2D eigenvalue weighted by atomic mass is 127. The molecule has 0 saturated carbocycles. The highest BCUT2D eigenvalue weighted by molar-refractivity contribution is 14.0. The summed E-state index contributed by atoms with van der Waals surface area (Å²) in [5.41, 5.74) is 0. The average molecular weight is 437 g/mol. The molecule has 1 aliphatic heterocycles. The molecule has 1 aromatic rings. The van der Waals surface area contributed by atoms with Crippen molar-refractivity contribution in [1.29, 1.82) is 0 Å². The van der Waals surface area contributed by atoms with Crippen LogP contribution in [0.1, 0.15) is 31.4 Å². The minimum atomic E-state index is 0. The topological polar surface area (TPSA) is 68.0 Å². The summed E-state index contributed by atoms with van der Waals surface area (Å²) in [6.07, 6.45) is 6.41. The van der Waals surface area contributed by atoms with Gasteiger partial charge in [-0.3, -0.25) is 4.99 Å². The van der Waals surface area contributed by atoms with Crippen molar-refractivity contribution < 1.29 is 13.9 Å². The lowest BCUT2D eigenvalue weighted by Crippen LogP contribution is -2.39. The van der Waals surface area contributed by atoms with Gasteiger partial charge in [0, 0.05) is 33.4 Å². The summed E-state index contributed by atoms with van der Waals surface area (Å²) >= 11 is 0. The van der Waals surface area contributed by atoms with Gasteiger partial charge in [-0.15, -0.1) is 24.0 Å². The lowest BCUT2D eigenvalue weighted by Gasteiger charge is -2.14. The van der Waals surface area contributed by atoms with Gasteiger partial charge in [-0.2, -0.15) is 0 Å². The molecule has 0 aliphatic carbocycles. The van der Waals surface area contributed by atoms with Gasteiger partial charge in [0.15, 0.2) is 5.96 Å². The van der Waals surface area contributed by atoms with Crippen molar-refractivity contribution in [2.24, 2.45) is 4.99 Å². The largest absolute Gasteiger partial charge is 0.467 e. The fourth-order valence-corrected chi connectivity index (χ4v) is 2.39. The first kappa shape index (κ1) is 20.2. The molecule has 0 radical (unpaired) electrons. The molecule has 23 heavy (non-hydrogen) atoms. The Morgan fingerprint density at radius 3 is 2.96 bits per heavy atom. The molecule has 1 aromatic heterocycles. The van der Waals surface area contributed by atoms with E-state index in [2.05, 4.69) is 15.6 Å². The van der Waals surface area contributed by atoms with Gasteiger partial charge in [-0.1, -0.05) is 0 Å². The molecule has 1 fully saturated rings. The molecule has 1 atom stereocenters. The van der Waals surface area contributed by atoms with E-state index in [1.165, 1.54) is 12.8 Å². The number of nitrogens with one attached hydrogen (secondary N) is 2. The maximum atomic E-state index is 5.60. The SMILES string of the molecule is CN=C(NCCCOCc1ccco1)NCCC1CCCO1.I. The van der Waals surface area contributed by atoms with Gasteiger partial charge in [0.05, 0.1) is 12.4 Å². The van der Waals surface area contributed by atoms with Crippen molar-refractivity contribution in [2.45, 2.75) is 38.4 Å². The van der Waals surface area contributed by atoms with E-state index in [4.69, 9.17) is 13.9 Å². The molecular weight excluding hydrogens is 409 g/mol. The normalized spacial score (nSPS) is 17.8. The highest BCUT2D eigenvalue weighted by Gasteiger charge is 2.14. The van der Waals surface area contributed by atoms with Crippen LogP contribution in [0.3, 0.4) is 0 Å². The molecule has 1 saturated heterocycles. The van der Waals surface area contributed by atoms with Crippen LogP contribution in [0.25, 0.3) is 0 Å². The van der Waals surface area contributed by atoms with Gasteiger partial charge >= 0.3 is 0 Å². The third-order valence-corrected chi connectivity index (χ3v) is 3.59. The maximum absolute atomic E-state index is 5.60. The van der Waals surface area contributed by atoms with Gasteiger partial charge in [0.1, 0.15) is 12.4 Å². The van der Waals surface area contributed by atoms with Crippen molar-refractivity contribution in [2.75, 3.05) is 33.4 Å². The summed E-state index contributed by atoms with van der Waals surface area (Å²) < 4.78 is 16.3. The van der Waals surface area contributed by atoms with Gasteiger partial charge in [-0.05, 0) is 37.8 Å². The smallest absolute Gasteiger partial charge is 0.190 e. The molecule has 132 valence electrons. The predicted molar refractivity (Wildman–Crippen MR) is 101 cm³/mol. The second kappa shape index (κ2) is 12.6. The molecule has 0 aromatic carbocycles. The van der Waals surface area contributed by atoms with Crippen molar-refractivity contribution in [3.05, 3.63) is 24.2 Å². The number of furan rings is 1. The molecule has 6 nitrogen and oxygen atoms in total. The minimum absolute atomic E-state index is 0. The number of nitrogens with zero attached hydrogens (tertiary/aromatic N) is 1. The van der Waals surface area contributed by atoms with Crippen LogP contribution >= 0.6 is 24.0 Å². The number of hydrogen-bond donors (Lipinski definition) is 2. The summed E-state index contributed by atoms with van der Waals surface area (Å²) in [6.45, 7) is 3.86. The molecule has 2 heterocycles. The van der Waals surface area contributed by atoms with Crippen LogP contribution in [0.15, 0.2) is 27.8 Å². The van der Waals surface area contributed by atoms with E-state index in [1.807, 2.05) is 12.1 Å². The minimum Gasteiger partial charge on any atom is -0.467 e. The molecule has 0 spiro atoms. The Bertz CT molecular complexity index is 420. The van der Waals surface area contributed by atoms with Gasteiger partial charge < -0.3 is 24.5 Å². The van der Waals surface area contributed by atoms with Crippen LogP contribution in [0.4, 0.5) is 0 Å². The number of guanidine groups is 1. The fourth-order valence-electron chi connectivity index (χ4n) is 2.39. The maximum Gasteiger partial charge on any atom is 0.190 e. The van der Waals surface area contributed by atoms with Gasteiger partial charge in [-0.25, -0.2) is 0 Å². The first-order valence-electron chi connectivity index (χ1n) is 8.04. The van der Waals surface area contributed by atoms with Crippen molar-refractivity contribution >= 4 is 29.9 Å². The van der Waals surface area contributed by atoms with Crippen molar-refractivity contribution in [3.8, 4) is 0 Å². The summed E-state index contributed by atoms with van der Waals surface area (Å²) in [6, 6.07) is 3.78. The first-order chi connectivity index (χ1) is 10.9. The van der Waals surface area contributed by atoms with E-state index in [9.17, 15) is 0 Å². The second-order valence-corrected chi connectivity index (χ2v) is 5.33. The summed E-state index contributed by atoms with van der Waals surface area (Å²) in [5.74, 6) is 1.70. The second-order valence-electron chi connectivity index (χ2n) is 5.33. The number of ether oxygens (including phenoxy) is 2. The third-order valence-electron chi connectivity index (χ3n) is 3.59. The molecule has 7 heteroatoms. The van der Waals surface area contributed by atoms with E-state index in [-0.39, 0.29) is 24.0 Å². The Morgan fingerprint density at radius 1 is 1.39 bits per heavy atom. The van der Waals surface area contributed by atoms with Crippen LogP contribution in [0.2, 0.25) is 0 Å². The zero-order valence-corrected chi connectivity index (χ0v) is 16.1. The van der Waals surface area contributed by atoms with Crippen LogP contribution in [-0.2, 0) is 16.1 Å². The van der Waals surface area contributed by atoms with E-state index in [0.29, 0.717) is 19.3 Å². The van der Waals surface area contributed by atoms with Gasteiger partial charge in [0.25, 0.3) is 0 Å². The molecule has 0 bridgehead atoms.